The first kappa shape index (κ1) is 17.8. The largest absolute Gasteiger partial charge is 0.497 e. The molecule has 6 heteroatoms. The number of fused-ring (bicyclic) bond motifs is 1. The number of rotatable bonds is 5. The second-order valence-corrected chi connectivity index (χ2v) is 7.53. The Balaban J connectivity index is 1.54. The van der Waals surface area contributed by atoms with E-state index in [4.69, 9.17) is 4.74 Å². The Morgan fingerprint density at radius 2 is 1.67 bits per heavy atom. The first-order chi connectivity index (χ1) is 13.0. The molecule has 1 aromatic rings. The molecule has 142 valence electrons. The zero-order chi connectivity index (χ0) is 19.1. The van der Waals surface area contributed by atoms with Gasteiger partial charge < -0.3 is 10.1 Å². The van der Waals surface area contributed by atoms with E-state index in [9.17, 15) is 14.4 Å². The van der Waals surface area contributed by atoms with Crippen LogP contribution in [0.25, 0.3) is 0 Å². The first-order valence-corrected chi connectivity index (χ1v) is 9.55. The number of amides is 3. The van der Waals surface area contributed by atoms with Crippen molar-refractivity contribution in [3.8, 4) is 5.75 Å². The molecule has 0 aromatic heterocycles. The van der Waals surface area contributed by atoms with Crippen molar-refractivity contribution in [1.82, 2.24) is 4.90 Å². The average Bonchev–Trinajstić information content (AvgIpc) is 2.97. The molecule has 0 unspecified atom stereocenters. The van der Waals surface area contributed by atoms with Crippen LogP contribution < -0.4 is 10.1 Å². The Labute approximate surface area is 158 Å². The number of allylic oxidation sites excluding steroid dienone is 2. The normalized spacial score (nSPS) is 29.6. The van der Waals surface area contributed by atoms with Crippen LogP contribution in [0.5, 0.6) is 5.75 Å². The third-order valence-electron chi connectivity index (χ3n) is 6.15. The fourth-order valence-electron chi connectivity index (χ4n) is 4.79. The van der Waals surface area contributed by atoms with E-state index in [1.54, 1.807) is 31.4 Å². The number of hydrogen-bond donors (Lipinski definition) is 1. The monoisotopic (exact) mass is 368 g/mol. The highest BCUT2D eigenvalue weighted by molar-refractivity contribution is 6.10. The molecule has 2 fully saturated rings. The van der Waals surface area contributed by atoms with Gasteiger partial charge in [0.1, 0.15) is 11.8 Å². The van der Waals surface area contributed by atoms with E-state index in [1.165, 1.54) is 4.90 Å². The van der Waals surface area contributed by atoms with E-state index < -0.39 is 6.04 Å². The van der Waals surface area contributed by atoms with E-state index in [1.807, 2.05) is 6.92 Å². The van der Waals surface area contributed by atoms with Crippen molar-refractivity contribution >= 4 is 23.4 Å². The highest BCUT2D eigenvalue weighted by atomic mass is 16.5. The lowest BCUT2D eigenvalue weighted by Gasteiger charge is -2.38. The van der Waals surface area contributed by atoms with Crippen molar-refractivity contribution in [3.63, 3.8) is 0 Å². The van der Waals surface area contributed by atoms with Gasteiger partial charge in [0.25, 0.3) is 0 Å². The Bertz CT molecular complexity index is 769. The van der Waals surface area contributed by atoms with E-state index in [-0.39, 0.29) is 41.4 Å². The summed E-state index contributed by atoms with van der Waals surface area (Å²) in [6.07, 6.45) is 6.46. The molecule has 5 rings (SSSR count). The van der Waals surface area contributed by atoms with Gasteiger partial charge in [-0.25, -0.2) is 0 Å². The molecular formula is C21H24N2O4. The summed E-state index contributed by atoms with van der Waals surface area (Å²) in [5.41, 5.74) is 0.609. The Morgan fingerprint density at radius 1 is 1.11 bits per heavy atom. The number of nitrogens with one attached hydrogen (secondary N) is 1. The summed E-state index contributed by atoms with van der Waals surface area (Å²) < 4.78 is 5.12. The van der Waals surface area contributed by atoms with Gasteiger partial charge in [-0.05, 0) is 55.4 Å². The average molecular weight is 368 g/mol. The minimum Gasteiger partial charge on any atom is -0.497 e. The third-order valence-corrected chi connectivity index (χ3v) is 6.15. The second kappa shape index (κ2) is 6.83. The topological polar surface area (TPSA) is 75.7 Å². The molecule has 1 saturated carbocycles. The zero-order valence-electron chi connectivity index (χ0n) is 15.6. The number of hydrogen-bond acceptors (Lipinski definition) is 4. The predicted molar refractivity (Wildman–Crippen MR) is 99.9 cm³/mol. The minimum atomic E-state index is -0.780. The number of nitrogens with zero attached hydrogens (tertiary/aromatic N) is 1. The van der Waals surface area contributed by atoms with E-state index in [2.05, 4.69) is 17.5 Å². The van der Waals surface area contributed by atoms with E-state index in [0.29, 0.717) is 17.9 Å². The number of methoxy groups -OCH3 is 1. The number of benzene rings is 1. The number of likely N-dealkylation sites (tertiary alicyclic amines) is 1. The molecule has 1 aromatic carbocycles. The molecular weight excluding hydrogens is 344 g/mol. The molecule has 27 heavy (non-hydrogen) atoms. The molecule has 1 saturated heterocycles. The van der Waals surface area contributed by atoms with Crippen LogP contribution >= 0.6 is 0 Å². The van der Waals surface area contributed by atoms with Crippen LogP contribution in [0.4, 0.5) is 5.69 Å². The summed E-state index contributed by atoms with van der Waals surface area (Å²) in [6.45, 7) is 1.83. The van der Waals surface area contributed by atoms with Gasteiger partial charge in [-0.3, -0.25) is 19.3 Å². The van der Waals surface area contributed by atoms with Crippen LogP contribution in [0.2, 0.25) is 0 Å². The van der Waals surface area contributed by atoms with E-state index >= 15 is 0 Å². The third kappa shape index (κ3) is 2.83. The highest BCUT2D eigenvalue weighted by Crippen LogP contribution is 2.50. The molecule has 3 aliphatic carbocycles. The molecule has 4 aliphatic rings. The van der Waals surface area contributed by atoms with Crippen molar-refractivity contribution in [2.75, 3.05) is 12.4 Å². The molecule has 0 spiro atoms. The van der Waals surface area contributed by atoms with Gasteiger partial charge in [0.05, 0.1) is 18.9 Å². The van der Waals surface area contributed by atoms with E-state index in [0.717, 1.165) is 12.8 Å². The maximum absolute atomic E-state index is 13.1. The van der Waals surface area contributed by atoms with Gasteiger partial charge in [-0.15, -0.1) is 0 Å². The lowest BCUT2D eigenvalue weighted by molar-refractivity contribution is -0.146. The molecule has 6 nitrogen and oxygen atoms in total. The molecule has 1 heterocycles. The summed E-state index contributed by atoms with van der Waals surface area (Å²) in [4.78, 5) is 40.2. The Kier molecular flexibility index (Phi) is 4.50. The molecule has 0 radical (unpaired) electrons. The van der Waals surface area contributed by atoms with Gasteiger partial charge in [0.15, 0.2) is 0 Å². The summed E-state index contributed by atoms with van der Waals surface area (Å²) >= 11 is 0. The van der Waals surface area contributed by atoms with Gasteiger partial charge in [-0.2, -0.15) is 0 Å². The van der Waals surface area contributed by atoms with Gasteiger partial charge in [0.2, 0.25) is 17.7 Å². The van der Waals surface area contributed by atoms with Crippen LogP contribution in [0.3, 0.4) is 0 Å². The highest BCUT2D eigenvalue weighted by Gasteiger charge is 2.58. The van der Waals surface area contributed by atoms with Crippen molar-refractivity contribution in [2.45, 2.75) is 32.2 Å². The smallest absolute Gasteiger partial charge is 0.247 e. The van der Waals surface area contributed by atoms with Crippen molar-refractivity contribution in [1.29, 1.82) is 0 Å². The summed E-state index contributed by atoms with van der Waals surface area (Å²) in [5.74, 6) is -0.317. The molecule has 3 amide bonds. The standard InChI is InChI=1S/C21H24N2O4/c1-3-16(19(24)22-14-8-10-15(27-2)11-9-14)23-20(25)17-12-4-5-13(7-6-12)18(17)21(23)26/h4-5,8-13,16-18H,3,6-7H2,1-2H3,(H,22,24)/t12-,13-,16+,17+,18+/m0/s1. The van der Waals surface area contributed by atoms with Crippen LogP contribution in [-0.2, 0) is 14.4 Å². The van der Waals surface area contributed by atoms with Crippen molar-refractivity contribution in [3.05, 3.63) is 36.4 Å². The van der Waals surface area contributed by atoms with Gasteiger partial charge in [-0.1, -0.05) is 19.1 Å². The molecule has 1 aliphatic heterocycles. The summed E-state index contributed by atoms with van der Waals surface area (Å²) in [6, 6.07) is 6.20. The van der Waals surface area contributed by atoms with Crippen molar-refractivity contribution in [2.24, 2.45) is 23.7 Å². The number of anilines is 1. The van der Waals surface area contributed by atoms with Gasteiger partial charge >= 0.3 is 0 Å². The fraction of sp³-hybridized carbons (Fsp3) is 0.476. The predicted octanol–water partition coefficient (Wildman–Crippen LogP) is 2.61. The van der Waals surface area contributed by atoms with Crippen LogP contribution in [0.1, 0.15) is 26.2 Å². The number of ether oxygens (including phenoxy) is 1. The lowest BCUT2D eigenvalue weighted by Crippen LogP contribution is -2.47. The molecule has 2 bridgehead atoms. The molecule has 1 N–H and O–H groups in total. The minimum absolute atomic E-state index is 0.128. The Morgan fingerprint density at radius 3 is 2.11 bits per heavy atom. The number of imide groups is 1. The number of carbonyl (C=O) groups is 3. The van der Waals surface area contributed by atoms with Crippen LogP contribution in [0, 0.1) is 23.7 Å². The fourth-order valence-corrected chi connectivity index (χ4v) is 4.79. The summed E-state index contributed by atoms with van der Waals surface area (Å²) in [5, 5.41) is 2.83. The maximum atomic E-state index is 13.1. The number of carbonyl (C=O) groups excluding carboxylic acids is 3. The SMILES string of the molecule is CC[C@H](C(=O)Nc1ccc(OC)cc1)N1C(=O)[C@H]2[C@H](C1=O)[C@H]1C=C[C@H]2CC1. The zero-order valence-corrected chi connectivity index (χ0v) is 15.6. The molecule has 5 atom stereocenters. The van der Waals surface area contributed by atoms with Gasteiger partial charge in [0, 0.05) is 5.69 Å². The first-order valence-electron chi connectivity index (χ1n) is 9.55. The Hall–Kier alpha value is -2.63. The van der Waals surface area contributed by atoms with Crippen LogP contribution in [0.15, 0.2) is 36.4 Å². The quantitative estimate of drug-likeness (QED) is 0.640. The summed E-state index contributed by atoms with van der Waals surface area (Å²) in [7, 11) is 1.58. The lowest BCUT2D eigenvalue weighted by atomic mass is 9.63. The van der Waals surface area contributed by atoms with Crippen LogP contribution in [-0.4, -0.2) is 35.8 Å². The second-order valence-electron chi connectivity index (χ2n) is 7.53. The maximum Gasteiger partial charge on any atom is 0.247 e. The van der Waals surface area contributed by atoms with Crippen molar-refractivity contribution < 1.29 is 19.1 Å².